The normalized spacial score (nSPS) is 9.57. The summed E-state index contributed by atoms with van der Waals surface area (Å²) in [7, 11) is 12.0. The van der Waals surface area contributed by atoms with Crippen molar-refractivity contribution in [3.8, 4) is 0 Å². The van der Waals surface area contributed by atoms with Crippen LogP contribution >= 0.6 is 0 Å². The highest BCUT2D eigenvalue weighted by atomic mass is 15.1. The molecule has 0 aliphatic rings. The number of pyridine rings is 2. The monoisotopic (exact) mass is 390 g/mol. The molecule has 0 radical (unpaired) electrons. The third kappa shape index (κ3) is 20.2. The second-order valence-electron chi connectivity index (χ2n) is 6.13. The van der Waals surface area contributed by atoms with Crippen molar-refractivity contribution in [2.75, 3.05) is 55.4 Å². The summed E-state index contributed by atoms with van der Waals surface area (Å²) < 4.78 is 0. The molecule has 6 nitrogen and oxygen atoms in total. The molecule has 6 heteroatoms. The number of aliphatic imine (C=N–C) groups is 1. The van der Waals surface area contributed by atoms with Crippen molar-refractivity contribution >= 4 is 6.21 Å². The van der Waals surface area contributed by atoms with E-state index >= 15 is 0 Å². The molecule has 0 aliphatic heterocycles. The average molecular weight is 391 g/mol. The largest absolute Gasteiger partial charge is 0.314 e. The van der Waals surface area contributed by atoms with E-state index in [2.05, 4.69) is 58.3 Å². The number of nitrogens with one attached hydrogen (secondary N) is 1. The van der Waals surface area contributed by atoms with Crippen molar-refractivity contribution in [3.63, 3.8) is 0 Å². The molecule has 0 spiro atoms. The first-order chi connectivity index (χ1) is 12.5. The van der Waals surface area contributed by atoms with Crippen LogP contribution in [0.1, 0.15) is 26.1 Å². The van der Waals surface area contributed by atoms with Gasteiger partial charge in [0.2, 0.25) is 0 Å². The molecule has 0 bridgehead atoms. The van der Waals surface area contributed by atoms with E-state index in [0.29, 0.717) is 0 Å². The molecular weight excluding hydrogens is 348 g/mol. The predicted molar refractivity (Wildman–Crippen MR) is 125 cm³/mol. The third-order valence-electron chi connectivity index (χ3n) is 3.04. The van der Waals surface area contributed by atoms with Gasteiger partial charge in [0.05, 0.1) is 5.69 Å². The Kier molecular flexibility index (Phi) is 23.1. The van der Waals surface area contributed by atoms with Crippen LogP contribution < -0.4 is 5.32 Å². The Balaban J connectivity index is -0.000000324. The van der Waals surface area contributed by atoms with Crippen molar-refractivity contribution < 1.29 is 0 Å². The molecule has 28 heavy (non-hydrogen) atoms. The number of rotatable bonds is 6. The molecule has 0 fully saturated rings. The Labute approximate surface area is 173 Å². The zero-order valence-corrected chi connectivity index (χ0v) is 17.1. The van der Waals surface area contributed by atoms with E-state index < -0.39 is 0 Å². The molecule has 0 unspecified atom stereocenters. The van der Waals surface area contributed by atoms with Gasteiger partial charge in [-0.15, -0.1) is 0 Å². The van der Waals surface area contributed by atoms with Gasteiger partial charge in [-0.25, -0.2) is 0 Å². The fourth-order valence-electron chi connectivity index (χ4n) is 1.69. The van der Waals surface area contributed by atoms with Gasteiger partial charge in [0.1, 0.15) is 0 Å². The van der Waals surface area contributed by atoms with Gasteiger partial charge in [0, 0.05) is 57.1 Å². The maximum Gasteiger partial charge on any atom is 0.0541 e. The van der Waals surface area contributed by atoms with Crippen LogP contribution in [0.15, 0.2) is 53.9 Å². The quantitative estimate of drug-likeness (QED) is 0.767. The molecule has 0 atom stereocenters. The molecule has 2 aromatic heterocycles. The maximum atomic E-state index is 4.11. The molecule has 2 aromatic rings. The molecule has 2 rings (SSSR count). The lowest BCUT2D eigenvalue weighted by atomic mass is 10.3. The van der Waals surface area contributed by atoms with Crippen LogP contribution in [0.25, 0.3) is 0 Å². The fraction of sp³-hybridized carbons (Fsp3) is 0.500. The second kappa shape index (κ2) is 21.2. The summed E-state index contributed by atoms with van der Waals surface area (Å²) in [6, 6.07) is 9.74. The lowest BCUT2D eigenvalue weighted by Gasteiger charge is -2.13. The van der Waals surface area contributed by atoms with Crippen LogP contribution in [0.4, 0.5) is 0 Å². The molecule has 0 aliphatic carbocycles. The van der Waals surface area contributed by atoms with Crippen LogP contribution in [0.2, 0.25) is 0 Å². The minimum absolute atomic E-state index is 0. The van der Waals surface area contributed by atoms with Gasteiger partial charge in [-0.1, -0.05) is 27.0 Å². The minimum Gasteiger partial charge on any atom is -0.314 e. The number of aromatic nitrogens is 2. The summed E-state index contributed by atoms with van der Waals surface area (Å²) in [5, 5.41) is 3.02. The van der Waals surface area contributed by atoms with Crippen molar-refractivity contribution in [1.82, 2.24) is 25.1 Å². The van der Waals surface area contributed by atoms with Crippen LogP contribution in [0, 0.1) is 0 Å². The summed E-state index contributed by atoms with van der Waals surface area (Å²) >= 11 is 0. The molecule has 160 valence electrons. The van der Waals surface area contributed by atoms with E-state index in [4.69, 9.17) is 0 Å². The Bertz CT molecular complexity index is 548. The highest BCUT2D eigenvalue weighted by Gasteiger charge is 1.89. The zero-order valence-electron chi connectivity index (χ0n) is 17.1. The van der Waals surface area contributed by atoms with E-state index in [-0.39, 0.29) is 14.9 Å². The van der Waals surface area contributed by atoms with E-state index in [1.54, 1.807) is 31.9 Å². The lowest BCUT2D eigenvalue weighted by Crippen LogP contribution is -2.25. The van der Waals surface area contributed by atoms with Gasteiger partial charge in [0.15, 0.2) is 0 Å². The SMILES string of the molecule is C.C.CN(C)CCN(C)C.CN=Cc1cccnc1.CNCc1ccccn1. The maximum absolute atomic E-state index is 4.11. The predicted octanol–water partition coefficient (Wildman–Crippen LogP) is 3.31. The Hall–Kier alpha value is -2.15. The smallest absolute Gasteiger partial charge is 0.0541 e. The van der Waals surface area contributed by atoms with Crippen LogP contribution in [-0.2, 0) is 6.54 Å². The number of likely N-dealkylation sites (N-methyl/N-ethyl adjacent to an activating group) is 2. The Morgan fingerprint density at radius 3 is 2.00 bits per heavy atom. The summed E-state index contributed by atoms with van der Waals surface area (Å²) in [5.74, 6) is 0. The van der Waals surface area contributed by atoms with Gasteiger partial charge in [-0.05, 0) is 53.4 Å². The summed E-state index contributed by atoms with van der Waals surface area (Å²) in [5.41, 5.74) is 2.13. The first-order valence-corrected chi connectivity index (χ1v) is 8.65. The van der Waals surface area contributed by atoms with Gasteiger partial charge < -0.3 is 15.1 Å². The first-order valence-electron chi connectivity index (χ1n) is 8.65. The molecule has 0 saturated carbocycles. The Morgan fingerprint density at radius 2 is 1.61 bits per heavy atom. The van der Waals surface area contributed by atoms with Crippen molar-refractivity contribution in [1.29, 1.82) is 0 Å². The van der Waals surface area contributed by atoms with E-state index in [0.717, 1.165) is 30.9 Å². The van der Waals surface area contributed by atoms with Crippen LogP contribution in [0.5, 0.6) is 0 Å². The zero-order chi connectivity index (χ0) is 19.6. The topological polar surface area (TPSA) is 56.6 Å². The van der Waals surface area contributed by atoms with Gasteiger partial charge in [-0.2, -0.15) is 0 Å². The summed E-state index contributed by atoms with van der Waals surface area (Å²) in [6.45, 7) is 3.14. The Morgan fingerprint density at radius 1 is 0.964 bits per heavy atom. The standard InChI is InChI=1S/C7H8N2.C7H10N2.C6H16N2.2CH4/c1-8-5-7-3-2-4-9-6-7;1-8-6-7-4-2-3-5-9-7;1-7(2)5-6-8(3)4;;/h2-6H,1H3;2-5,8H,6H2,1H3;5-6H2,1-4H3;2*1H4. The van der Waals surface area contributed by atoms with Gasteiger partial charge >= 0.3 is 0 Å². The highest BCUT2D eigenvalue weighted by molar-refractivity contribution is 5.78. The fourth-order valence-corrected chi connectivity index (χ4v) is 1.69. The van der Waals surface area contributed by atoms with Crippen LogP contribution in [-0.4, -0.2) is 81.4 Å². The lowest BCUT2D eigenvalue weighted by molar-refractivity contribution is 0.320. The average Bonchev–Trinajstić information content (AvgIpc) is 2.63. The first kappa shape index (κ1) is 30.6. The number of hydrogen-bond donors (Lipinski definition) is 1. The highest BCUT2D eigenvalue weighted by Crippen LogP contribution is 1.90. The van der Waals surface area contributed by atoms with E-state index in [1.807, 2.05) is 37.4 Å². The van der Waals surface area contributed by atoms with Crippen molar-refractivity contribution in [2.24, 2.45) is 4.99 Å². The molecule has 0 aromatic carbocycles. The van der Waals surface area contributed by atoms with Gasteiger partial charge in [0.25, 0.3) is 0 Å². The van der Waals surface area contributed by atoms with Crippen molar-refractivity contribution in [2.45, 2.75) is 21.4 Å². The molecular formula is C22H42N6. The van der Waals surface area contributed by atoms with E-state index in [9.17, 15) is 0 Å². The third-order valence-corrected chi connectivity index (χ3v) is 3.04. The van der Waals surface area contributed by atoms with Crippen molar-refractivity contribution in [3.05, 3.63) is 60.2 Å². The molecule has 0 saturated heterocycles. The molecule has 0 amide bonds. The summed E-state index contributed by atoms with van der Waals surface area (Å²) in [6.07, 6.45) is 7.08. The van der Waals surface area contributed by atoms with Crippen LogP contribution in [0.3, 0.4) is 0 Å². The molecule has 2 heterocycles. The summed E-state index contributed by atoms with van der Waals surface area (Å²) in [4.78, 5) is 16.2. The molecule has 1 N–H and O–H groups in total. The van der Waals surface area contributed by atoms with Gasteiger partial charge in [-0.3, -0.25) is 15.0 Å². The minimum atomic E-state index is 0. The number of nitrogens with zero attached hydrogens (tertiary/aromatic N) is 5. The second-order valence-corrected chi connectivity index (χ2v) is 6.13. The van der Waals surface area contributed by atoms with E-state index in [1.165, 1.54) is 0 Å². The number of hydrogen-bond acceptors (Lipinski definition) is 6.